The molecule has 0 saturated carbocycles. The fraction of sp³-hybridized carbons (Fsp3) is 0.250. The summed E-state index contributed by atoms with van der Waals surface area (Å²) in [5, 5.41) is 10.8. The highest BCUT2D eigenvalue weighted by molar-refractivity contribution is 6.31. The lowest BCUT2D eigenvalue weighted by Gasteiger charge is -2.31. The highest BCUT2D eigenvalue weighted by Crippen LogP contribution is 2.45. The summed E-state index contributed by atoms with van der Waals surface area (Å²) in [6.07, 6.45) is -0.964. The number of aliphatic hydroxyl groups is 1. The first-order valence-electron chi connectivity index (χ1n) is 6.56. The molecule has 2 aromatic rings. The fourth-order valence-electron chi connectivity index (χ4n) is 2.60. The van der Waals surface area contributed by atoms with Gasteiger partial charge in [0, 0.05) is 12.0 Å². The van der Waals surface area contributed by atoms with Crippen LogP contribution in [-0.4, -0.2) is 12.2 Å². The molecule has 0 aromatic heterocycles. The molecule has 3 rings (SSSR count). The van der Waals surface area contributed by atoms with Gasteiger partial charge in [-0.1, -0.05) is 17.7 Å². The van der Waals surface area contributed by atoms with Gasteiger partial charge in [-0.3, -0.25) is 0 Å². The Labute approximate surface area is 126 Å². The van der Waals surface area contributed by atoms with Crippen molar-refractivity contribution >= 4 is 11.6 Å². The first-order valence-corrected chi connectivity index (χ1v) is 6.94. The summed E-state index contributed by atoms with van der Waals surface area (Å²) < 4.78 is 24.5. The molecule has 1 N–H and O–H groups in total. The topological polar surface area (TPSA) is 38.7 Å². The van der Waals surface area contributed by atoms with Crippen LogP contribution in [0.25, 0.3) is 0 Å². The van der Waals surface area contributed by atoms with Crippen LogP contribution < -0.4 is 9.47 Å². The van der Waals surface area contributed by atoms with E-state index in [-0.39, 0.29) is 6.42 Å². The summed E-state index contributed by atoms with van der Waals surface area (Å²) in [6.45, 7) is 0. The predicted molar refractivity (Wildman–Crippen MR) is 77.3 cm³/mol. The van der Waals surface area contributed by atoms with Gasteiger partial charge in [-0.2, -0.15) is 0 Å². The number of benzene rings is 2. The van der Waals surface area contributed by atoms with Crippen molar-refractivity contribution in [3.8, 4) is 11.5 Å². The molecule has 1 heterocycles. The number of halogens is 2. The number of rotatable bonds is 2. The van der Waals surface area contributed by atoms with Gasteiger partial charge in [-0.15, -0.1) is 0 Å². The van der Waals surface area contributed by atoms with Crippen molar-refractivity contribution in [1.29, 1.82) is 0 Å². The van der Waals surface area contributed by atoms with E-state index in [0.717, 1.165) is 0 Å². The van der Waals surface area contributed by atoms with Gasteiger partial charge in [0.15, 0.2) is 0 Å². The van der Waals surface area contributed by atoms with Gasteiger partial charge in [0.05, 0.1) is 23.8 Å². The number of fused-ring (bicyclic) bond motifs is 1. The van der Waals surface area contributed by atoms with Crippen molar-refractivity contribution in [3.05, 3.63) is 58.4 Å². The average Bonchev–Trinajstić information content (AvgIpc) is 2.47. The lowest BCUT2D eigenvalue weighted by Crippen LogP contribution is -2.20. The van der Waals surface area contributed by atoms with Crippen LogP contribution >= 0.6 is 11.6 Å². The third-order valence-corrected chi connectivity index (χ3v) is 3.92. The summed E-state index contributed by atoms with van der Waals surface area (Å²) in [5.41, 5.74) is 1.15. The van der Waals surface area contributed by atoms with Crippen LogP contribution in [0.4, 0.5) is 4.39 Å². The normalized spacial score (nSPS) is 20.6. The first-order chi connectivity index (χ1) is 10.1. The van der Waals surface area contributed by atoms with Crippen LogP contribution in [0.1, 0.15) is 29.8 Å². The van der Waals surface area contributed by atoms with Crippen molar-refractivity contribution in [3.63, 3.8) is 0 Å². The van der Waals surface area contributed by atoms with Gasteiger partial charge < -0.3 is 14.6 Å². The molecule has 0 bridgehead atoms. The first kappa shape index (κ1) is 14.2. The summed E-state index contributed by atoms with van der Waals surface area (Å²) in [7, 11) is 1.55. The minimum atomic E-state index is -0.810. The third kappa shape index (κ3) is 2.57. The molecule has 2 aromatic carbocycles. The van der Waals surface area contributed by atoms with Crippen molar-refractivity contribution in [2.24, 2.45) is 0 Å². The van der Waals surface area contributed by atoms with Gasteiger partial charge in [0.1, 0.15) is 23.4 Å². The Morgan fingerprint density at radius 3 is 2.90 bits per heavy atom. The van der Waals surface area contributed by atoms with E-state index < -0.39 is 18.0 Å². The van der Waals surface area contributed by atoms with Crippen LogP contribution in [0.5, 0.6) is 11.5 Å². The van der Waals surface area contributed by atoms with Crippen molar-refractivity contribution in [1.82, 2.24) is 0 Å². The van der Waals surface area contributed by atoms with Gasteiger partial charge in [0.2, 0.25) is 0 Å². The van der Waals surface area contributed by atoms with Gasteiger partial charge in [0.25, 0.3) is 0 Å². The molecule has 2 atom stereocenters. The maximum atomic E-state index is 13.3. The number of hydrogen-bond acceptors (Lipinski definition) is 3. The summed E-state index contributed by atoms with van der Waals surface area (Å²) >= 11 is 6.24. The lowest BCUT2D eigenvalue weighted by molar-refractivity contribution is 0.0642. The maximum Gasteiger partial charge on any atom is 0.132 e. The molecule has 0 fully saturated rings. The fourth-order valence-corrected chi connectivity index (χ4v) is 2.89. The van der Waals surface area contributed by atoms with E-state index in [1.54, 1.807) is 25.3 Å². The molecule has 110 valence electrons. The number of aliphatic hydroxyl groups excluding tert-OH is 1. The Balaban J connectivity index is 2.02. The van der Waals surface area contributed by atoms with Gasteiger partial charge in [-0.05, 0) is 30.3 Å². The van der Waals surface area contributed by atoms with E-state index in [2.05, 4.69) is 0 Å². The van der Waals surface area contributed by atoms with Crippen LogP contribution in [0.2, 0.25) is 5.02 Å². The zero-order valence-electron chi connectivity index (χ0n) is 11.3. The van der Waals surface area contributed by atoms with E-state index in [1.165, 1.54) is 18.2 Å². The third-order valence-electron chi connectivity index (χ3n) is 3.59. The SMILES string of the molecule is COc1cccc(Cl)c1C1C[C@H](O)c2cc(F)ccc2O1. The second-order valence-electron chi connectivity index (χ2n) is 4.90. The maximum absolute atomic E-state index is 13.3. The van der Waals surface area contributed by atoms with Crippen molar-refractivity contribution < 1.29 is 19.0 Å². The highest BCUT2D eigenvalue weighted by atomic mass is 35.5. The van der Waals surface area contributed by atoms with Crippen LogP contribution in [-0.2, 0) is 0 Å². The Kier molecular flexibility index (Phi) is 3.74. The molecule has 3 nitrogen and oxygen atoms in total. The minimum absolute atomic E-state index is 0.288. The van der Waals surface area contributed by atoms with E-state index >= 15 is 0 Å². The molecule has 0 amide bonds. The molecule has 0 radical (unpaired) electrons. The molecule has 1 aliphatic heterocycles. The smallest absolute Gasteiger partial charge is 0.132 e. The van der Waals surface area contributed by atoms with Crippen LogP contribution in [0, 0.1) is 5.82 Å². The standard InChI is InChI=1S/C16H14ClFO3/c1-20-14-4-2-3-11(17)16(14)15-8-12(19)10-7-9(18)5-6-13(10)21-15/h2-7,12,15,19H,8H2,1H3/t12-,15?/m0/s1. The molecular weight excluding hydrogens is 295 g/mol. The van der Waals surface area contributed by atoms with E-state index in [4.69, 9.17) is 21.1 Å². The van der Waals surface area contributed by atoms with Crippen molar-refractivity contribution in [2.75, 3.05) is 7.11 Å². The Morgan fingerprint density at radius 2 is 2.14 bits per heavy atom. The summed E-state index contributed by atoms with van der Waals surface area (Å²) in [5.74, 6) is 0.664. The molecule has 1 unspecified atom stereocenters. The number of ether oxygens (including phenoxy) is 2. The van der Waals surface area contributed by atoms with Crippen molar-refractivity contribution in [2.45, 2.75) is 18.6 Å². The molecule has 0 spiro atoms. The number of methoxy groups -OCH3 is 1. The average molecular weight is 309 g/mol. The molecule has 21 heavy (non-hydrogen) atoms. The molecule has 5 heteroatoms. The molecular formula is C16H14ClFO3. The van der Waals surface area contributed by atoms with E-state index in [0.29, 0.717) is 27.6 Å². The minimum Gasteiger partial charge on any atom is -0.496 e. The van der Waals surface area contributed by atoms with Crippen LogP contribution in [0.3, 0.4) is 0 Å². The predicted octanol–water partition coefficient (Wildman–Crippen LogP) is 4.04. The quantitative estimate of drug-likeness (QED) is 0.910. The summed E-state index contributed by atoms with van der Waals surface area (Å²) in [4.78, 5) is 0. The second-order valence-corrected chi connectivity index (χ2v) is 5.30. The number of hydrogen-bond donors (Lipinski definition) is 1. The molecule has 0 aliphatic carbocycles. The zero-order valence-corrected chi connectivity index (χ0v) is 12.1. The largest absolute Gasteiger partial charge is 0.496 e. The highest BCUT2D eigenvalue weighted by Gasteiger charge is 2.31. The van der Waals surface area contributed by atoms with E-state index in [1.807, 2.05) is 0 Å². The van der Waals surface area contributed by atoms with Crippen LogP contribution in [0.15, 0.2) is 36.4 Å². The molecule has 1 aliphatic rings. The zero-order chi connectivity index (χ0) is 15.0. The Bertz CT molecular complexity index is 675. The van der Waals surface area contributed by atoms with Gasteiger partial charge in [-0.25, -0.2) is 4.39 Å². The van der Waals surface area contributed by atoms with E-state index in [9.17, 15) is 9.50 Å². The Hall–Kier alpha value is -1.78. The molecule has 0 saturated heterocycles. The lowest BCUT2D eigenvalue weighted by atomic mass is 9.94. The second kappa shape index (κ2) is 5.54. The summed E-state index contributed by atoms with van der Waals surface area (Å²) in [6, 6.07) is 9.43. The Morgan fingerprint density at radius 1 is 1.33 bits per heavy atom. The monoisotopic (exact) mass is 308 g/mol. The van der Waals surface area contributed by atoms with Gasteiger partial charge >= 0.3 is 0 Å².